The Morgan fingerprint density at radius 1 is 1.30 bits per heavy atom. The van der Waals surface area contributed by atoms with E-state index < -0.39 is 6.10 Å². The molecule has 2 aromatic rings. The number of aryl methyl sites for hydroxylation is 1. The van der Waals surface area contributed by atoms with Crippen LogP contribution >= 0.6 is 0 Å². The Morgan fingerprint density at radius 3 is 2.55 bits per heavy atom. The van der Waals surface area contributed by atoms with Crippen LogP contribution in [0.25, 0.3) is 0 Å². The first kappa shape index (κ1) is 14.5. The summed E-state index contributed by atoms with van der Waals surface area (Å²) in [5.41, 5.74) is 0.894. The van der Waals surface area contributed by atoms with Crippen molar-refractivity contribution in [2.45, 2.75) is 39.8 Å². The summed E-state index contributed by atoms with van der Waals surface area (Å²) in [6.45, 7) is 7.26. The van der Waals surface area contributed by atoms with Crippen molar-refractivity contribution in [1.29, 1.82) is 0 Å². The van der Waals surface area contributed by atoms with E-state index in [4.69, 9.17) is 4.74 Å². The Hall–Kier alpha value is -1.88. The van der Waals surface area contributed by atoms with Crippen molar-refractivity contribution in [3.05, 3.63) is 41.5 Å². The molecule has 5 heteroatoms. The standard InChI is InChI=1S/C15H19FN2O2/c1-9(2)18-8-12(7-17-18)20-15-5-10(3)14(16)6-13(15)11(4)19/h5-9,11,19H,1-4H3/t11-/m1/s1. The number of aliphatic hydroxyl groups excluding tert-OH is 1. The smallest absolute Gasteiger partial charge is 0.165 e. The molecule has 0 amide bonds. The van der Waals surface area contributed by atoms with Gasteiger partial charge >= 0.3 is 0 Å². The zero-order valence-electron chi connectivity index (χ0n) is 12.1. The topological polar surface area (TPSA) is 47.3 Å². The van der Waals surface area contributed by atoms with Crippen LogP contribution in [0.1, 0.15) is 44.0 Å². The summed E-state index contributed by atoms with van der Waals surface area (Å²) >= 11 is 0. The molecule has 1 aromatic carbocycles. The van der Waals surface area contributed by atoms with Crippen molar-refractivity contribution in [3.63, 3.8) is 0 Å². The summed E-state index contributed by atoms with van der Waals surface area (Å²) in [4.78, 5) is 0. The Bertz CT molecular complexity index is 606. The first-order valence-electron chi connectivity index (χ1n) is 6.58. The highest BCUT2D eigenvalue weighted by molar-refractivity contribution is 5.41. The highest BCUT2D eigenvalue weighted by Gasteiger charge is 2.14. The van der Waals surface area contributed by atoms with Crippen molar-refractivity contribution < 1.29 is 14.2 Å². The van der Waals surface area contributed by atoms with Gasteiger partial charge in [-0.3, -0.25) is 4.68 Å². The first-order chi connectivity index (χ1) is 9.38. The van der Waals surface area contributed by atoms with Gasteiger partial charge in [0.15, 0.2) is 5.75 Å². The molecule has 0 aliphatic carbocycles. The minimum absolute atomic E-state index is 0.235. The molecule has 0 unspecified atom stereocenters. The summed E-state index contributed by atoms with van der Waals surface area (Å²) in [5, 5.41) is 13.9. The molecular formula is C15H19FN2O2. The van der Waals surface area contributed by atoms with Crippen molar-refractivity contribution in [3.8, 4) is 11.5 Å². The highest BCUT2D eigenvalue weighted by Crippen LogP contribution is 2.32. The maximum absolute atomic E-state index is 13.6. The van der Waals surface area contributed by atoms with E-state index >= 15 is 0 Å². The summed E-state index contributed by atoms with van der Waals surface area (Å²) in [7, 11) is 0. The van der Waals surface area contributed by atoms with Crippen molar-refractivity contribution in [1.82, 2.24) is 9.78 Å². The Balaban J connectivity index is 2.34. The van der Waals surface area contributed by atoms with Crippen molar-refractivity contribution >= 4 is 0 Å². The van der Waals surface area contributed by atoms with Crippen LogP contribution < -0.4 is 4.74 Å². The molecule has 0 bridgehead atoms. The number of aromatic nitrogens is 2. The van der Waals surface area contributed by atoms with Crippen LogP contribution in [-0.4, -0.2) is 14.9 Å². The van der Waals surface area contributed by atoms with E-state index in [0.717, 1.165) is 0 Å². The van der Waals surface area contributed by atoms with Crippen LogP contribution in [0.15, 0.2) is 24.5 Å². The summed E-state index contributed by atoms with van der Waals surface area (Å²) in [6, 6.07) is 3.13. The maximum atomic E-state index is 13.6. The Morgan fingerprint density at radius 2 is 2.00 bits per heavy atom. The molecule has 0 saturated heterocycles. The number of rotatable bonds is 4. The van der Waals surface area contributed by atoms with E-state index in [1.807, 2.05) is 13.8 Å². The zero-order valence-corrected chi connectivity index (χ0v) is 12.1. The monoisotopic (exact) mass is 278 g/mol. The van der Waals surface area contributed by atoms with E-state index in [0.29, 0.717) is 22.6 Å². The van der Waals surface area contributed by atoms with Gasteiger partial charge in [0.1, 0.15) is 11.6 Å². The fourth-order valence-corrected chi connectivity index (χ4v) is 1.87. The van der Waals surface area contributed by atoms with E-state index in [-0.39, 0.29) is 11.9 Å². The van der Waals surface area contributed by atoms with Gasteiger partial charge < -0.3 is 9.84 Å². The molecule has 0 spiro atoms. The van der Waals surface area contributed by atoms with E-state index in [1.54, 1.807) is 37.0 Å². The lowest BCUT2D eigenvalue weighted by atomic mass is 10.1. The molecule has 1 N–H and O–H groups in total. The molecule has 0 saturated carbocycles. The molecule has 0 aliphatic heterocycles. The average molecular weight is 278 g/mol. The second kappa shape index (κ2) is 5.63. The van der Waals surface area contributed by atoms with Crippen LogP contribution in [0.5, 0.6) is 11.5 Å². The maximum Gasteiger partial charge on any atom is 0.165 e. The predicted octanol–water partition coefficient (Wildman–Crippen LogP) is 3.76. The third kappa shape index (κ3) is 2.99. The molecule has 1 heterocycles. The van der Waals surface area contributed by atoms with E-state index in [2.05, 4.69) is 5.10 Å². The van der Waals surface area contributed by atoms with Crippen LogP contribution in [0.3, 0.4) is 0 Å². The number of aliphatic hydroxyl groups is 1. The van der Waals surface area contributed by atoms with Gasteiger partial charge in [-0.25, -0.2) is 4.39 Å². The second-order valence-corrected chi connectivity index (χ2v) is 5.17. The van der Waals surface area contributed by atoms with Crippen LogP contribution in [0, 0.1) is 12.7 Å². The van der Waals surface area contributed by atoms with Crippen LogP contribution in [-0.2, 0) is 0 Å². The van der Waals surface area contributed by atoms with Gasteiger partial charge in [0, 0.05) is 11.6 Å². The minimum atomic E-state index is -0.805. The third-order valence-electron chi connectivity index (χ3n) is 3.08. The molecule has 1 atom stereocenters. The number of hydrogen-bond acceptors (Lipinski definition) is 3. The lowest BCUT2D eigenvalue weighted by Gasteiger charge is -2.13. The molecular weight excluding hydrogens is 259 g/mol. The molecule has 108 valence electrons. The molecule has 0 fully saturated rings. The molecule has 4 nitrogen and oxygen atoms in total. The lowest BCUT2D eigenvalue weighted by molar-refractivity contribution is 0.195. The zero-order chi connectivity index (χ0) is 14.9. The van der Waals surface area contributed by atoms with Gasteiger partial charge in [0.25, 0.3) is 0 Å². The third-order valence-corrected chi connectivity index (χ3v) is 3.08. The van der Waals surface area contributed by atoms with Crippen LogP contribution in [0.2, 0.25) is 0 Å². The quantitative estimate of drug-likeness (QED) is 0.926. The normalized spacial score (nSPS) is 12.8. The highest BCUT2D eigenvalue weighted by atomic mass is 19.1. The SMILES string of the molecule is Cc1cc(Oc2cnn(C(C)C)c2)c([C@@H](C)O)cc1F. The van der Waals surface area contributed by atoms with Gasteiger partial charge in [-0.1, -0.05) is 0 Å². The van der Waals surface area contributed by atoms with E-state index in [9.17, 15) is 9.50 Å². The molecule has 0 aliphatic rings. The summed E-state index contributed by atoms with van der Waals surface area (Å²) in [5.74, 6) is 0.653. The van der Waals surface area contributed by atoms with Crippen molar-refractivity contribution in [2.75, 3.05) is 0 Å². The van der Waals surface area contributed by atoms with Gasteiger partial charge in [-0.2, -0.15) is 5.10 Å². The lowest BCUT2D eigenvalue weighted by Crippen LogP contribution is -2.00. The van der Waals surface area contributed by atoms with Gasteiger partial charge in [-0.15, -0.1) is 0 Å². The molecule has 0 radical (unpaired) electrons. The second-order valence-electron chi connectivity index (χ2n) is 5.17. The first-order valence-corrected chi connectivity index (χ1v) is 6.58. The van der Waals surface area contributed by atoms with Crippen molar-refractivity contribution in [2.24, 2.45) is 0 Å². The molecule has 1 aromatic heterocycles. The van der Waals surface area contributed by atoms with Gasteiger partial charge in [0.2, 0.25) is 0 Å². The average Bonchev–Trinajstić information content (AvgIpc) is 2.82. The predicted molar refractivity (Wildman–Crippen MR) is 74.5 cm³/mol. The summed E-state index contributed by atoms with van der Waals surface area (Å²) < 4.78 is 21.1. The number of hydrogen-bond donors (Lipinski definition) is 1. The number of benzene rings is 1. The largest absolute Gasteiger partial charge is 0.454 e. The van der Waals surface area contributed by atoms with Gasteiger partial charge in [-0.05, 0) is 45.4 Å². The minimum Gasteiger partial charge on any atom is -0.454 e. The number of ether oxygens (including phenoxy) is 1. The van der Waals surface area contributed by atoms with Gasteiger partial charge in [0.05, 0.1) is 18.5 Å². The fourth-order valence-electron chi connectivity index (χ4n) is 1.87. The fraction of sp³-hybridized carbons (Fsp3) is 0.400. The van der Waals surface area contributed by atoms with Crippen LogP contribution in [0.4, 0.5) is 4.39 Å². The van der Waals surface area contributed by atoms with E-state index in [1.165, 1.54) is 6.07 Å². The summed E-state index contributed by atoms with van der Waals surface area (Å²) in [6.07, 6.45) is 2.57. The number of nitrogens with zero attached hydrogens (tertiary/aromatic N) is 2. The molecule has 2 rings (SSSR count). The Labute approximate surface area is 117 Å². The number of halogens is 1. The Kier molecular flexibility index (Phi) is 4.09. The molecule has 20 heavy (non-hydrogen) atoms.